The Balaban J connectivity index is 2.11. The molecule has 0 aliphatic carbocycles. The number of carbonyl (C=O) groups excluding carboxylic acids is 1. The second kappa shape index (κ2) is 7.22. The lowest BCUT2D eigenvalue weighted by atomic mass is 10.1. The van der Waals surface area contributed by atoms with E-state index in [-0.39, 0.29) is 23.7 Å². The molecule has 0 heterocycles. The molecule has 2 rings (SSSR count). The van der Waals surface area contributed by atoms with Gasteiger partial charge in [0.2, 0.25) is 0 Å². The van der Waals surface area contributed by atoms with Crippen LogP contribution in [-0.2, 0) is 19.4 Å². The lowest BCUT2D eigenvalue weighted by Gasteiger charge is -2.06. The zero-order valence-corrected chi connectivity index (χ0v) is 13.2. The number of ether oxygens (including phenoxy) is 1. The predicted octanol–water partition coefficient (Wildman–Crippen LogP) is 3.08. The van der Waals surface area contributed by atoms with Crippen LogP contribution in [0.15, 0.2) is 59.5 Å². The molecule has 4 nitrogen and oxygen atoms in total. The zero-order valence-electron chi connectivity index (χ0n) is 12.4. The van der Waals surface area contributed by atoms with Gasteiger partial charge in [-0.3, -0.25) is 4.79 Å². The van der Waals surface area contributed by atoms with Crippen LogP contribution < -0.4 is 0 Å². The second-order valence-corrected chi connectivity index (χ2v) is 6.87. The maximum absolute atomic E-state index is 12.2. The first-order chi connectivity index (χ1) is 10.5. The number of sulfone groups is 1. The van der Waals surface area contributed by atoms with E-state index in [0.29, 0.717) is 0 Å². The van der Waals surface area contributed by atoms with Crippen molar-refractivity contribution in [2.45, 2.75) is 18.2 Å². The molecule has 0 N–H and O–H groups in total. The molecule has 0 fully saturated rings. The van der Waals surface area contributed by atoms with E-state index in [2.05, 4.69) is 0 Å². The summed E-state index contributed by atoms with van der Waals surface area (Å²) < 4.78 is 29.1. The number of rotatable bonds is 6. The first-order valence-corrected chi connectivity index (χ1v) is 8.72. The molecule has 2 aromatic carbocycles. The Morgan fingerprint density at radius 1 is 0.955 bits per heavy atom. The second-order valence-electron chi connectivity index (χ2n) is 4.76. The molecule has 0 saturated carbocycles. The fourth-order valence-corrected chi connectivity index (χ4v) is 3.28. The first-order valence-electron chi connectivity index (χ1n) is 7.07. The van der Waals surface area contributed by atoms with Gasteiger partial charge in [-0.2, -0.15) is 0 Å². The maximum Gasteiger partial charge on any atom is 0.306 e. The van der Waals surface area contributed by atoms with Crippen LogP contribution in [0.3, 0.4) is 0 Å². The lowest BCUT2D eigenvalue weighted by Crippen LogP contribution is -2.13. The molecule has 0 bridgehead atoms. The summed E-state index contributed by atoms with van der Waals surface area (Å²) in [6, 6.07) is 16.4. The molecule has 116 valence electrons. The van der Waals surface area contributed by atoms with E-state index >= 15 is 0 Å². The number of hydrogen-bond donors (Lipinski definition) is 0. The molecule has 2 aromatic rings. The van der Waals surface area contributed by atoms with E-state index in [0.717, 1.165) is 11.1 Å². The molecule has 0 spiro atoms. The molecule has 0 aromatic heterocycles. The summed E-state index contributed by atoms with van der Waals surface area (Å²) in [5, 5.41) is 0. The van der Waals surface area contributed by atoms with Crippen LogP contribution in [0.25, 0.3) is 11.1 Å². The van der Waals surface area contributed by atoms with Crippen molar-refractivity contribution in [2.24, 2.45) is 0 Å². The van der Waals surface area contributed by atoms with E-state index in [1.54, 1.807) is 31.2 Å². The topological polar surface area (TPSA) is 60.4 Å². The van der Waals surface area contributed by atoms with Crippen LogP contribution in [-0.4, -0.2) is 26.7 Å². The Morgan fingerprint density at radius 2 is 1.55 bits per heavy atom. The van der Waals surface area contributed by atoms with Gasteiger partial charge in [0.05, 0.1) is 23.7 Å². The van der Waals surface area contributed by atoms with Crippen molar-refractivity contribution >= 4 is 15.8 Å². The van der Waals surface area contributed by atoms with Gasteiger partial charge in [0.25, 0.3) is 0 Å². The van der Waals surface area contributed by atoms with Crippen molar-refractivity contribution in [1.82, 2.24) is 0 Å². The number of esters is 1. The van der Waals surface area contributed by atoms with Gasteiger partial charge in [-0.1, -0.05) is 42.5 Å². The third kappa shape index (κ3) is 4.18. The van der Waals surface area contributed by atoms with Crippen molar-refractivity contribution in [3.8, 4) is 11.1 Å². The molecular formula is C17H18O4S. The van der Waals surface area contributed by atoms with Crippen LogP contribution in [0.2, 0.25) is 0 Å². The van der Waals surface area contributed by atoms with Crippen LogP contribution in [0.1, 0.15) is 13.3 Å². The summed E-state index contributed by atoms with van der Waals surface area (Å²) in [6.07, 6.45) is -0.128. The lowest BCUT2D eigenvalue weighted by molar-refractivity contribution is -0.142. The molecule has 0 radical (unpaired) electrons. The molecule has 0 aliphatic heterocycles. The van der Waals surface area contributed by atoms with Crippen molar-refractivity contribution in [3.05, 3.63) is 54.6 Å². The van der Waals surface area contributed by atoms with E-state index in [9.17, 15) is 13.2 Å². The minimum absolute atomic E-state index is 0.128. The highest BCUT2D eigenvalue weighted by Gasteiger charge is 2.17. The normalized spacial score (nSPS) is 11.1. The first kappa shape index (κ1) is 16.2. The van der Waals surface area contributed by atoms with E-state index in [4.69, 9.17) is 4.74 Å². The largest absolute Gasteiger partial charge is 0.466 e. The summed E-state index contributed by atoms with van der Waals surface area (Å²) in [4.78, 5) is 11.5. The molecular weight excluding hydrogens is 300 g/mol. The van der Waals surface area contributed by atoms with E-state index in [1.807, 2.05) is 30.3 Å². The number of hydrogen-bond acceptors (Lipinski definition) is 4. The van der Waals surface area contributed by atoms with Crippen LogP contribution in [0.4, 0.5) is 0 Å². The Hall–Kier alpha value is -2.14. The zero-order chi connectivity index (χ0) is 16.0. The summed E-state index contributed by atoms with van der Waals surface area (Å²) >= 11 is 0. The minimum atomic E-state index is -3.47. The van der Waals surface area contributed by atoms with E-state index in [1.165, 1.54) is 0 Å². The van der Waals surface area contributed by atoms with Gasteiger partial charge in [-0.25, -0.2) is 8.42 Å². The third-order valence-electron chi connectivity index (χ3n) is 3.20. The summed E-state index contributed by atoms with van der Waals surface area (Å²) in [5.41, 5.74) is 1.97. The fourth-order valence-electron chi connectivity index (χ4n) is 2.05. The van der Waals surface area contributed by atoms with Gasteiger partial charge in [0.1, 0.15) is 0 Å². The number of benzene rings is 2. The summed E-state index contributed by atoms with van der Waals surface area (Å²) in [5.74, 6) is -0.733. The van der Waals surface area contributed by atoms with Gasteiger partial charge in [-0.05, 0) is 30.2 Å². The minimum Gasteiger partial charge on any atom is -0.466 e. The van der Waals surface area contributed by atoms with Crippen molar-refractivity contribution < 1.29 is 17.9 Å². The van der Waals surface area contributed by atoms with Crippen molar-refractivity contribution in [2.75, 3.05) is 12.4 Å². The quantitative estimate of drug-likeness (QED) is 0.768. The summed E-state index contributed by atoms with van der Waals surface area (Å²) in [7, 11) is -3.47. The molecule has 0 amide bonds. The fraction of sp³-hybridized carbons (Fsp3) is 0.235. The Bertz CT molecular complexity index is 719. The van der Waals surface area contributed by atoms with Crippen molar-refractivity contribution in [1.29, 1.82) is 0 Å². The molecule has 0 unspecified atom stereocenters. The van der Waals surface area contributed by atoms with Gasteiger partial charge < -0.3 is 4.74 Å². The maximum atomic E-state index is 12.2. The highest BCUT2D eigenvalue weighted by molar-refractivity contribution is 7.91. The molecule has 22 heavy (non-hydrogen) atoms. The smallest absolute Gasteiger partial charge is 0.306 e. The molecule has 0 aliphatic rings. The highest BCUT2D eigenvalue weighted by atomic mass is 32.2. The predicted molar refractivity (Wildman–Crippen MR) is 85.2 cm³/mol. The Morgan fingerprint density at radius 3 is 2.14 bits per heavy atom. The molecule has 0 saturated heterocycles. The van der Waals surface area contributed by atoms with Crippen molar-refractivity contribution in [3.63, 3.8) is 0 Å². The third-order valence-corrected chi connectivity index (χ3v) is 4.93. The van der Waals surface area contributed by atoms with E-state index < -0.39 is 15.8 Å². The van der Waals surface area contributed by atoms with Gasteiger partial charge in [-0.15, -0.1) is 0 Å². The van der Waals surface area contributed by atoms with Gasteiger partial charge >= 0.3 is 5.97 Å². The van der Waals surface area contributed by atoms with Gasteiger partial charge in [0.15, 0.2) is 9.84 Å². The SMILES string of the molecule is CCOC(=O)CCS(=O)(=O)c1ccc(-c2ccccc2)cc1. The Kier molecular flexibility index (Phi) is 5.33. The highest BCUT2D eigenvalue weighted by Crippen LogP contribution is 2.21. The average molecular weight is 318 g/mol. The van der Waals surface area contributed by atoms with Crippen LogP contribution in [0, 0.1) is 0 Å². The summed E-state index contributed by atoms with van der Waals surface area (Å²) in [6.45, 7) is 1.94. The van der Waals surface area contributed by atoms with Crippen LogP contribution in [0.5, 0.6) is 0 Å². The molecule has 0 atom stereocenters. The average Bonchev–Trinajstić information content (AvgIpc) is 2.54. The van der Waals surface area contributed by atoms with Crippen LogP contribution >= 0.6 is 0 Å². The van der Waals surface area contributed by atoms with Gasteiger partial charge in [0, 0.05) is 0 Å². The number of carbonyl (C=O) groups is 1. The standard InChI is InChI=1S/C17H18O4S/c1-2-21-17(18)12-13-22(19,20)16-10-8-15(9-11-16)14-6-4-3-5-7-14/h3-11H,2,12-13H2,1H3. The Labute approximate surface area is 130 Å². The molecule has 5 heteroatoms. The monoisotopic (exact) mass is 318 g/mol.